The van der Waals surface area contributed by atoms with Gasteiger partial charge in [-0.25, -0.2) is 4.79 Å². The molecule has 0 fully saturated rings. The normalized spacial score (nSPS) is 10.7. The fourth-order valence-corrected chi connectivity index (χ4v) is 2.28. The number of benzene rings is 2. The first-order valence-electron chi connectivity index (χ1n) is 7.32. The van der Waals surface area contributed by atoms with E-state index in [1.165, 1.54) is 0 Å². The largest absolute Gasteiger partial charge is 0.395 e. The van der Waals surface area contributed by atoms with Crippen LogP contribution in [0.3, 0.4) is 0 Å². The molecular formula is C18H19ClN2O2. The van der Waals surface area contributed by atoms with Crippen molar-refractivity contribution in [2.75, 3.05) is 13.2 Å². The SMILES string of the molecule is O=C(N/C=C/c1ccccc1Cl)N(CCO)Cc1ccccc1. The Labute approximate surface area is 141 Å². The number of aliphatic hydroxyl groups excluding tert-OH is 1. The smallest absolute Gasteiger partial charge is 0.321 e. The molecule has 0 atom stereocenters. The van der Waals surface area contributed by atoms with Gasteiger partial charge in [-0.05, 0) is 23.3 Å². The molecule has 2 amide bonds. The number of urea groups is 1. The summed E-state index contributed by atoms with van der Waals surface area (Å²) in [6.45, 7) is 0.613. The highest BCUT2D eigenvalue weighted by molar-refractivity contribution is 6.32. The fourth-order valence-electron chi connectivity index (χ4n) is 2.08. The Morgan fingerprint density at radius 1 is 1.13 bits per heavy atom. The maximum atomic E-state index is 12.2. The van der Waals surface area contributed by atoms with Crippen molar-refractivity contribution < 1.29 is 9.90 Å². The van der Waals surface area contributed by atoms with Crippen LogP contribution in [0.15, 0.2) is 60.8 Å². The molecule has 0 bridgehead atoms. The van der Waals surface area contributed by atoms with Gasteiger partial charge < -0.3 is 15.3 Å². The number of hydrogen-bond donors (Lipinski definition) is 2. The number of carbonyl (C=O) groups excluding carboxylic acids is 1. The molecule has 5 heteroatoms. The molecule has 0 heterocycles. The lowest BCUT2D eigenvalue weighted by atomic mass is 10.2. The van der Waals surface area contributed by atoms with E-state index in [1.54, 1.807) is 23.2 Å². The molecular weight excluding hydrogens is 312 g/mol. The lowest BCUT2D eigenvalue weighted by Crippen LogP contribution is -2.38. The molecule has 0 aliphatic rings. The van der Waals surface area contributed by atoms with Gasteiger partial charge in [0.25, 0.3) is 0 Å². The van der Waals surface area contributed by atoms with Crippen LogP contribution in [0.5, 0.6) is 0 Å². The van der Waals surface area contributed by atoms with Gasteiger partial charge >= 0.3 is 6.03 Å². The van der Waals surface area contributed by atoms with Gasteiger partial charge in [-0.15, -0.1) is 0 Å². The number of aliphatic hydroxyl groups is 1. The van der Waals surface area contributed by atoms with Crippen molar-refractivity contribution in [2.24, 2.45) is 0 Å². The molecule has 0 radical (unpaired) electrons. The minimum Gasteiger partial charge on any atom is -0.395 e. The average Bonchev–Trinajstić information content (AvgIpc) is 2.57. The molecule has 2 aromatic rings. The van der Waals surface area contributed by atoms with Gasteiger partial charge in [-0.3, -0.25) is 0 Å². The number of amides is 2. The molecule has 0 aliphatic carbocycles. The summed E-state index contributed by atoms with van der Waals surface area (Å²) in [5.74, 6) is 0. The fraction of sp³-hybridized carbons (Fsp3) is 0.167. The molecule has 2 aromatic carbocycles. The lowest BCUT2D eigenvalue weighted by molar-refractivity contribution is 0.177. The summed E-state index contributed by atoms with van der Waals surface area (Å²) in [4.78, 5) is 13.8. The molecule has 4 nitrogen and oxygen atoms in total. The third-order valence-corrected chi connectivity index (χ3v) is 3.59. The minimum atomic E-state index is -0.272. The molecule has 0 spiro atoms. The molecule has 0 saturated heterocycles. The van der Waals surface area contributed by atoms with Crippen LogP contribution in [0.25, 0.3) is 6.08 Å². The molecule has 23 heavy (non-hydrogen) atoms. The van der Waals surface area contributed by atoms with E-state index in [1.807, 2.05) is 48.5 Å². The van der Waals surface area contributed by atoms with Crippen LogP contribution in [-0.4, -0.2) is 29.2 Å². The Bertz CT molecular complexity index is 659. The number of nitrogens with zero attached hydrogens (tertiary/aromatic N) is 1. The predicted molar refractivity (Wildman–Crippen MR) is 93.0 cm³/mol. The van der Waals surface area contributed by atoms with E-state index in [0.29, 0.717) is 11.6 Å². The van der Waals surface area contributed by atoms with Crippen molar-refractivity contribution in [2.45, 2.75) is 6.54 Å². The van der Waals surface area contributed by atoms with E-state index in [0.717, 1.165) is 11.1 Å². The van der Waals surface area contributed by atoms with Gasteiger partial charge in [0.05, 0.1) is 6.61 Å². The summed E-state index contributed by atoms with van der Waals surface area (Å²) in [5.41, 5.74) is 1.83. The summed E-state index contributed by atoms with van der Waals surface area (Å²) in [7, 11) is 0. The minimum absolute atomic E-state index is 0.0888. The Kier molecular flexibility index (Phi) is 6.66. The van der Waals surface area contributed by atoms with Crippen LogP contribution in [0.1, 0.15) is 11.1 Å². The number of carbonyl (C=O) groups is 1. The maximum absolute atomic E-state index is 12.2. The molecule has 0 unspecified atom stereocenters. The Morgan fingerprint density at radius 2 is 1.83 bits per heavy atom. The van der Waals surface area contributed by atoms with E-state index in [-0.39, 0.29) is 19.2 Å². The van der Waals surface area contributed by atoms with E-state index < -0.39 is 0 Å². The van der Waals surface area contributed by atoms with Crippen LogP contribution in [-0.2, 0) is 6.54 Å². The molecule has 0 aliphatic heterocycles. The maximum Gasteiger partial charge on any atom is 0.321 e. The van der Waals surface area contributed by atoms with Crippen LogP contribution in [0, 0.1) is 0 Å². The van der Waals surface area contributed by atoms with Crippen molar-refractivity contribution in [3.05, 3.63) is 76.9 Å². The van der Waals surface area contributed by atoms with Gasteiger partial charge in [-0.2, -0.15) is 0 Å². The van der Waals surface area contributed by atoms with Crippen molar-refractivity contribution >= 4 is 23.7 Å². The number of hydrogen-bond acceptors (Lipinski definition) is 2. The second-order valence-electron chi connectivity index (χ2n) is 4.94. The number of rotatable bonds is 6. The predicted octanol–water partition coefficient (Wildman–Crippen LogP) is 3.51. The van der Waals surface area contributed by atoms with E-state index in [2.05, 4.69) is 5.32 Å². The first kappa shape index (κ1) is 17.1. The molecule has 2 rings (SSSR count). The second-order valence-corrected chi connectivity index (χ2v) is 5.34. The van der Waals surface area contributed by atoms with Crippen molar-refractivity contribution in [3.63, 3.8) is 0 Å². The summed E-state index contributed by atoms with van der Waals surface area (Å²) < 4.78 is 0. The third kappa shape index (κ3) is 5.43. The van der Waals surface area contributed by atoms with Gasteiger partial charge in [0.1, 0.15) is 0 Å². The zero-order valence-electron chi connectivity index (χ0n) is 12.7. The van der Waals surface area contributed by atoms with Gasteiger partial charge in [0.15, 0.2) is 0 Å². The second kappa shape index (κ2) is 8.98. The lowest BCUT2D eigenvalue weighted by Gasteiger charge is -2.21. The zero-order valence-corrected chi connectivity index (χ0v) is 13.4. The Hall–Kier alpha value is -2.30. The summed E-state index contributed by atoms with van der Waals surface area (Å²) in [6.07, 6.45) is 3.29. The van der Waals surface area contributed by atoms with Crippen molar-refractivity contribution in [1.82, 2.24) is 10.2 Å². The molecule has 2 N–H and O–H groups in total. The van der Waals surface area contributed by atoms with Crippen molar-refractivity contribution in [3.8, 4) is 0 Å². The summed E-state index contributed by atoms with van der Waals surface area (Å²) in [5, 5.41) is 12.5. The van der Waals surface area contributed by atoms with Crippen molar-refractivity contribution in [1.29, 1.82) is 0 Å². The highest BCUT2D eigenvalue weighted by Crippen LogP contribution is 2.15. The van der Waals surface area contributed by atoms with Gasteiger partial charge in [0.2, 0.25) is 0 Å². The van der Waals surface area contributed by atoms with Crippen LogP contribution < -0.4 is 5.32 Å². The standard InChI is InChI=1S/C18H19ClN2O2/c19-17-9-5-4-8-16(17)10-11-20-18(23)21(12-13-22)14-15-6-2-1-3-7-15/h1-11,22H,12-14H2,(H,20,23)/b11-10+. The van der Waals surface area contributed by atoms with Crippen LogP contribution in [0.4, 0.5) is 4.79 Å². The molecule has 0 saturated carbocycles. The summed E-state index contributed by atoms with van der Waals surface area (Å²) in [6, 6.07) is 16.7. The number of halogens is 1. The monoisotopic (exact) mass is 330 g/mol. The van der Waals surface area contributed by atoms with E-state index in [9.17, 15) is 4.79 Å². The van der Waals surface area contributed by atoms with Gasteiger partial charge in [-0.1, -0.05) is 60.1 Å². The van der Waals surface area contributed by atoms with E-state index >= 15 is 0 Å². The topological polar surface area (TPSA) is 52.6 Å². The first-order chi connectivity index (χ1) is 11.2. The number of nitrogens with one attached hydrogen (secondary N) is 1. The first-order valence-corrected chi connectivity index (χ1v) is 7.70. The summed E-state index contributed by atoms with van der Waals surface area (Å²) >= 11 is 6.05. The zero-order chi connectivity index (χ0) is 16.5. The Morgan fingerprint density at radius 3 is 2.52 bits per heavy atom. The van der Waals surface area contributed by atoms with Gasteiger partial charge in [0, 0.05) is 24.3 Å². The van der Waals surface area contributed by atoms with Crippen LogP contribution in [0.2, 0.25) is 5.02 Å². The highest BCUT2D eigenvalue weighted by atomic mass is 35.5. The quantitative estimate of drug-likeness (QED) is 0.851. The average molecular weight is 331 g/mol. The third-order valence-electron chi connectivity index (χ3n) is 3.25. The highest BCUT2D eigenvalue weighted by Gasteiger charge is 2.11. The molecule has 120 valence electrons. The van der Waals surface area contributed by atoms with E-state index in [4.69, 9.17) is 16.7 Å². The Balaban J connectivity index is 1.97. The van der Waals surface area contributed by atoms with Crippen LogP contribution >= 0.6 is 11.6 Å². The molecule has 0 aromatic heterocycles.